The highest BCUT2D eigenvalue weighted by Gasteiger charge is 2.32. The van der Waals surface area contributed by atoms with Gasteiger partial charge in [-0.1, -0.05) is 0 Å². The number of nitro groups is 1. The number of methoxy groups -OCH3 is 4. The summed E-state index contributed by atoms with van der Waals surface area (Å²) in [5.41, 5.74) is -0.103. The van der Waals surface area contributed by atoms with E-state index in [0.717, 1.165) is 0 Å². The molecule has 25 heavy (non-hydrogen) atoms. The van der Waals surface area contributed by atoms with Crippen LogP contribution in [0.15, 0.2) is 30.3 Å². The standard InChI is InChI=1S/C17H19NO7/c1-22-10-5-6-12(23-2)11(9-10)17(19)15-13(24-3)7-8-14(25-4)16(15)18(20)21/h5-9,17,19H,1-4H3. The van der Waals surface area contributed by atoms with Gasteiger partial charge in [-0.3, -0.25) is 10.1 Å². The Morgan fingerprint density at radius 3 is 2.00 bits per heavy atom. The number of nitrogens with zero attached hydrogens (tertiary/aromatic N) is 1. The maximum Gasteiger partial charge on any atom is 0.320 e. The molecule has 0 amide bonds. The highest BCUT2D eigenvalue weighted by atomic mass is 16.6. The zero-order valence-electron chi connectivity index (χ0n) is 14.3. The first-order valence-corrected chi connectivity index (χ1v) is 7.27. The van der Waals surface area contributed by atoms with E-state index in [9.17, 15) is 15.2 Å². The summed E-state index contributed by atoms with van der Waals surface area (Å²) in [7, 11) is 5.60. The van der Waals surface area contributed by atoms with Gasteiger partial charge in [0, 0.05) is 5.56 Å². The van der Waals surface area contributed by atoms with Crippen LogP contribution in [0.5, 0.6) is 23.0 Å². The number of ether oxygens (including phenoxy) is 4. The van der Waals surface area contributed by atoms with Crippen molar-refractivity contribution >= 4 is 5.69 Å². The van der Waals surface area contributed by atoms with E-state index in [0.29, 0.717) is 17.1 Å². The molecule has 2 aromatic carbocycles. The summed E-state index contributed by atoms with van der Waals surface area (Å²) in [5, 5.41) is 22.5. The number of nitro benzene ring substituents is 1. The Morgan fingerprint density at radius 2 is 1.48 bits per heavy atom. The van der Waals surface area contributed by atoms with Gasteiger partial charge in [0.1, 0.15) is 28.9 Å². The van der Waals surface area contributed by atoms with Gasteiger partial charge < -0.3 is 24.1 Å². The van der Waals surface area contributed by atoms with Gasteiger partial charge in [0.05, 0.1) is 33.4 Å². The summed E-state index contributed by atoms with van der Waals surface area (Å²) in [4.78, 5) is 11.0. The van der Waals surface area contributed by atoms with Crippen molar-refractivity contribution in [1.29, 1.82) is 0 Å². The lowest BCUT2D eigenvalue weighted by Gasteiger charge is -2.19. The van der Waals surface area contributed by atoms with E-state index in [2.05, 4.69) is 0 Å². The molecule has 0 saturated heterocycles. The summed E-state index contributed by atoms with van der Waals surface area (Å²) in [6.07, 6.45) is -1.39. The molecular formula is C17H19NO7. The number of benzene rings is 2. The third kappa shape index (κ3) is 3.43. The van der Waals surface area contributed by atoms with E-state index in [-0.39, 0.29) is 22.7 Å². The van der Waals surface area contributed by atoms with Crippen LogP contribution in [-0.2, 0) is 0 Å². The van der Waals surface area contributed by atoms with E-state index in [1.165, 1.54) is 40.6 Å². The maximum atomic E-state index is 11.6. The Morgan fingerprint density at radius 1 is 0.920 bits per heavy atom. The minimum Gasteiger partial charge on any atom is -0.497 e. The van der Waals surface area contributed by atoms with Crippen LogP contribution in [-0.4, -0.2) is 38.5 Å². The first-order chi connectivity index (χ1) is 12.0. The van der Waals surface area contributed by atoms with E-state index in [1.807, 2.05) is 0 Å². The average Bonchev–Trinajstić information content (AvgIpc) is 2.65. The quantitative estimate of drug-likeness (QED) is 0.606. The predicted octanol–water partition coefficient (Wildman–Crippen LogP) is 2.71. The molecule has 8 heteroatoms. The normalized spacial score (nSPS) is 11.6. The van der Waals surface area contributed by atoms with Gasteiger partial charge in [-0.2, -0.15) is 0 Å². The highest BCUT2D eigenvalue weighted by Crippen LogP contribution is 2.45. The third-order valence-electron chi connectivity index (χ3n) is 3.77. The molecule has 2 aromatic rings. The Kier molecular flexibility index (Phi) is 5.66. The van der Waals surface area contributed by atoms with Crippen molar-refractivity contribution in [3.05, 3.63) is 51.6 Å². The number of aliphatic hydroxyl groups excluding tert-OH is 1. The summed E-state index contributed by atoms with van der Waals surface area (Å²) in [6.45, 7) is 0. The van der Waals surface area contributed by atoms with Crippen LogP contribution in [0.1, 0.15) is 17.2 Å². The fourth-order valence-electron chi connectivity index (χ4n) is 2.57. The van der Waals surface area contributed by atoms with Crippen LogP contribution in [0.2, 0.25) is 0 Å². The monoisotopic (exact) mass is 349 g/mol. The number of aliphatic hydroxyl groups is 1. The van der Waals surface area contributed by atoms with Crippen molar-refractivity contribution in [3.63, 3.8) is 0 Å². The molecule has 0 radical (unpaired) electrons. The van der Waals surface area contributed by atoms with Gasteiger partial charge in [0.15, 0.2) is 5.75 Å². The molecule has 0 fully saturated rings. The van der Waals surface area contributed by atoms with Crippen LogP contribution >= 0.6 is 0 Å². The first-order valence-electron chi connectivity index (χ1n) is 7.27. The van der Waals surface area contributed by atoms with Crippen LogP contribution in [0, 0.1) is 10.1 Å². The van der Waals surface area contributed by atoms with Gasteiger partial charge >= 0.3 is 5.69 Å². The number of hydrogen-bond acceptors (Lipinski definition) is 7. The zero-order valence-corrected chi connectivity index (χ0v) is 14.3. The predicted molar refractivity (Wildman–Crippen MR) is 89.8 cm³/mol. The van der Waals surface area contributed by atoms with E-state index >= 15 is 0 Å². The topological polar surface area (TPSA) is 100 Å². The van der Waals surface area contributed by atoms with Crippen molar-refractivity contribution < 1.29 is 29.0 Å². The third-order valence-corrected chi connectivity index (χ3v) is 3.77. The summed E-state index contributed by atoms with van der Waals surface area (Å²) >= 11 is 0. The maximum absolute atomic E-state index is 11.6. The van der Waals surface area contributed by atoms with Crippen molar-refractivity contribution in [2.24, 2.45) is 0 Å². The summed E-state index contributed by atoms with van der Waals surface area (Å²) in [6, 6.07) is 7.72. The van der Waals surface area contributed by atoms with Crippen molar-refractivity contribution in [2.45, 2.75) is 6.10 Å². The van der Waals surface area contributed by atoms with E-state index < -0.39 is 11.0 Å². The average molecular weight is 349 g/mol. The van der Waals surface area contributed by atoms with Gasteiger partial charge in [-0.15, -0.1) is 0 Å². The van der Waals surface area contributed by atoms with Crippen LogP contribution in [0.25, 0.3) is 0 Å². The Hall–Kier alpha value is -3.00. The lowest BCUT2D eigenvalue weighted by molar-refractivity contribution is -0.387. The summed E-state index contributed by atoms with van der Waals surface area (Å²) in [5.74, 6) is 0.999. The molecule has 0 heterocycles. The van der Waals surface area contributed by atoms with Crippen molar-refractivity contribution in [2.75, 3.05) is 28.4 Å². The van der Waals surface area contributed by atoms with Gasteiger partial charge in [-0.25, -0.2) is 0 Å². The fraction of sp³-hybridized carbons (Fsp3) is 0.294. The molecule has 0 spiro atoms. The van der Waals surface area contributed by atoms with Crippen molar-refractivity contribution in [3.8, 4) is 23.0 Å². The molecular weight excluding hydrogens is 330 g/mol. The van der Waals surface area contributed by atoms with Gasteiger partial charge in [-0.05, 0) is 30.3 Å². The minimum absolute atomic E-state index is 0.0155. The second-order valence-electron chi connectivity index (χ2n) is 5.00. The lowest BCUT2D eigenvalue weighted by atomic mass is 9.97. The Balaban J connectivity index is 2.74. The van der Waals surface area contributed by atoms with E-state index in [1.54, 1.807) is 18.2 Å². The molecule has 0 aliphatic heterocycles. The second-order valence-corrected chi connectivity index (χ2v) is 5.00. The lowest BCUT2D eigenvalue weighted by Crippen LogP contribution is -2.09. The number of rotatable bonds is 7. The van der Waals surface area contributed by atoms with Crippen LogP contribution < -0.4 is 18.9 Å². The van der Waals surface area contributed by atoms with Crippen LogP contribution in [0.3, 0.4) is 0 Å². The molecule has 0 aliphatic carbocycles. The highest BCUT2D eigenvalue weighted by molar-refractivity contribution is 5.62. The number of hydrogen-bond donors (Lipinski definition) is 1. The Labute approximate surface area is 144 Å². The van der Waals surface area contributed by atoms with Crippen LogP contribution in [0.4, 0.5) is 5.69 Å². The minimum atomic E-state index is -1.39. The van der Waals surface area contributed by atoms with E-state index in [4.69, 9.17) is 18.9 Å². The summed E-state index contributed by atoms with van der Waals surface area (Å²) < 4.78 is 20.7. The van der Waals surface area contributed by atoms with Gasteiger partial charge in [0.2, 0.25) is 0 Å². The molecule has 2 rings (SSSR count). The molecule has 134 valence electrons. The first kappa shape index (κ1) is 18.3. The molecule has 8 nitrogen and oxygen atoms in total. The molecule has 1 atom stereocenters. The molecule has 0 aromatic heterocycles. The SMILES string of the molecule is COc1ccc(OC)c(C(O)c2c(OC)ccc(OC)c2[N+](=O)[O-])c1. The molecule has 0 bridgehead atoms. The largest absolute Gasteiger partial charge is 0.497 e. The van der Waals surface area contributed by atoms with Gasteiger partial charge in [0.25, 0.3) is 0 Å². The fourth-order valence-corrected chi connectivity index (χ4v) is 2.57. The van der Waals surface area contributed by atoms with Crippen molar-refractivity contribution in [1.82, 2.24) is 0 Å². The molecule has 0 aliphatic rings. The Bertz CT molecular complexity index is 776. The molecule has 1 unspecified atom stereocenters. The smallest absolute Gasteiger partial charge is 0.320 e. The molecule has 0 saturated carbocycles. The second kappa shape index (κ2) is 7.71. The zero-order chi connectivity index (χ0) is 18.6. The molecule has 1 N–H and O–H groups in total.